The van der Waals surface area contributed by atoms with Crippen molar-refractivity contribution in [2.75, 3.05) is 5.75 Å². The predicted octanol–water partition coefficient (Wildman–Crippen LogP) is 4.29. The van der Waals surface area contributed by atoms with Gasteiger partial charge < -0.3 is 10.1 Å². The molecule has 6 nitrogen and oxygen atoms in total. The van der Waals surface area contributed by atoms with E-state index in [4.69, 9.17) is 10.00 Å². The standard InChI is InChI=1S/C20H20FIN2O4S/c1-3-17(24-19(25)28-18-10-8-16(21)9-11-18)13-29(26,27)20(2,22)15-6-4-14(12-23)5-7-15/h4-11,17H,3,13H2,1-2H3,(H,24,25). The normalized spacial score (nSPS) is 14.3. The average Bonchev–Trinajstić information content (AvgIpc) is 2.68. The summed E-state index contributed by atoms with van der Waals surface area (Å²) >= 11 is 1.86. The molecule has 0 saturated heterocycles. The minimum atomic E-state index is -3.68. The summed E-state index contributed by atoms with van der Waals surface area (Å²) in [7, 11) is -3.68. The molecule has 0 bridgehead atoms. The molecule has 9 heteroatoms. The summed E-state index contributed by atoms with van der Waals surface area (Å²) < 4.78 is 42.9. The van der Waals surface area contributed by atoms with E-state index in [-0.39, 0.29) is 11.5 Å². The Hall–Kier alpha value is -2.19. The number of rotatable bonds is 7. The summed E-state index contributed by atoms with van der Waals surface area (Å²) in [6.45, 7) is 3.33. The van der Waals surface area contributed by atoms with Gasteiger partial charge in [-0.25, -0.2) is 17.6 Å². The van der Waals surface area contributed by atoms with Gasteiger partial charge in [-0.15, -0.1) is 0 Å². The molecule has 1 amide bonds. The molecular weight excluding hydrogens is 510 g/mol. The fourth-order valence-electron chi connectivity index (χ4n) is 2.51. The van der Waals surface area contributed by atoms with Crippen molar-refractivity contribution in [3.8, 4) is 11.8 Å². The molecule has 29 heavy (non-hydrogen) atoms. The van der Waals surface area contributed by atoms with Crippen LogP contribution >= 0.6 is 22.6 Å². The second-order valence-corrected chi connectivity index (χ2v) is 11.7. The smallest absolute Gasteiger partial charge is 0.410 e. The first-order chi connectivity index (χ1) is 13.6. The van der Waals surface area contributed by atoms with Gasteiger partial charge in [-0.1, -0.05) is 41.6 Å². The van der Waals surface area contributed by atoms with Crippen molar-refractivity contribution in [1.82, 2.24) is 5.32 Å². The maximum atomic E-state index is 13.0. The van der Waals surface area contributed by atoms with Crippen molar-refractivity contribution in [3.05, 3.63) is 65.5 Å². The molecule has 0 spiro atoms. The maximum Gasteiger partial charge on any atom is 0.412 e. The van der Waals surface area contributed by atoms with Crippen LogP contribution < -0.4 is 10.1 Å². The third-order valence-electron chi connectivity index (χ3n) is 4.37. The molecular formula is C20H20FIN2O4S. The number of amides is 1. The van der Waals surface area contributed by atoms with Crippen LogP contribution in [0.1, 0.15) is 31.4 Å². The molecule has 0 fully saturated rings. The average molecular weight is 530 g/mol. The molecule has 0 aliphatic rings. The van der Waals surface area contributed by atoms with Crippen LogP contribution in [-0.2, 0) is 12.6 Å². The topological polar surface area (TPSA) is 96.3 Å². The van der Waals surface area contributed by atoms with Crippen LogP contribution in [0.3, 0.4) is 0 Å². The quantitative estimate of drug-likeness (QED) is 0.426. The predicted molar refractivity (Wildman–Crippen MR) is 116 cm³/mol. The fraction of sp³-hybridized carbons (Fsp3) is 0.300. The number of nitrogens with zero attached hydrogens (tertiary/aromatic N) is 1. The summed E-state index contributed by atoms with van der Waals surface area (Å²) in [5, 5.41) is 11.5. The fourth-order valence-corrected chi connectivity index (χ4v) is 5.07. The van der Waals surface area contributed by atoms with Crippen LogP contribution in [0.25, 0.3) is 0 Å². The lowest BCUT2D eigenvalue weighted by Gasteiger charge is -2.26. The van der Waals surface area contributed by atoms with Gasteiger partial charge in [0.15, 0.2) is 9.84 Å². The highest BCUT2D eigenvalue weighted by Crippen LogP contribution is 2.38. The molecule has 154 valence electrons. The SMILES string of the molecule is CCC(CS(=O)(=O)C(C)(I)c1ccc(C#N)cc1)NC(=O)Oc1ccc(F)cc1. The van der Waals surface area contributed by atoms with Crippen molar-refractivity contribution in [2.24, 2.45) is 0 Å². The maximum absolute atomic E-state index is 13.0. The number of nitriles is 1. The van der Waals surface area contributed by atoms with Gasteiger partial charge in [0.05, 0.1) is 17.4 Å². The first kappa shape index (κ1) is 23.1. The summed E-state index contributed by atoms with van der Waals surface area (Å²) in [4.78, 5) is 12.1. The van der Waals surface area contributed by atoms with E-state index >= 15 is 0 Å². The van der Waals surface area contributed by atoms with Crippen molar-refractivity contribution in [1.29, 1.82) is 5.26 Å². The zero-order valence-corrected chi connectivity index (χ0v) is 18.8. The zero-order chi connectivity index (χ0) is 21.7. The Kier molecular flexibility index (Phi) is 7.60. The van der Waals surface area contributed by atoms with Crippen LogP contribution in [-0.4, -0.2) is 26.3 Å². The van der Waals surface area contributed by atoms with E-state index in [1.165, 1.54) is 12.1 Å². The van der Waals surface area contributed by atoms with Gasteiger partial charge in [-0.3, -0.25) is 0 Å². The minimum absolute atomic E-state index is 0.151. The Morgan fingerprint density at radius 1 is 1.24 bits per heavy atom. The number of carbonyl (C=O) groups is 1. The van der Waals surface area contributed by atoms with E-state index in [2.05, 4.69) is 5.32 Å². The van der Waals surface area contributed by atoms with E-state index in [9.17, 15) is 17.6 Å². The molecule has 1 N–H and O–H groups in total. The molecule has 0 aliphatic carbocycles. The van der Waals surface area contributed by atoms with E-state index in [1.807, 2.05) is 28.7 Å². The van der Waals surface area contributed by atoms with Gasteiger partial charge in [0, 0.05) is 6.04 Å². The number of ether oxygens (including phenoxy) is 1. The van der Waals surface area contributed by atoms with Gasteiger partial charge in [0.25, 0.3) is 0 Å². The molecule has 2 atom stereocenters. The Balaban J connectivity index is 2.09. The van der Waals surface area contributed by atoms with Crippen molar-refractivity contribution in [3.63, 3.8) is 0 Å². The number of alkyl halides is 1. The third kappa shape index (κ3) is 5.90. The molecule has 2 aromatic rings. The lowest BCUT2D eigenvalue weighted by atomic mass is 10.1. The molecule has 0 heterocycles. The lowest BCUT2D eigenvalue weighted by Crippen LogP contribution is -2.43. The van der Waals surface area contributed by atoms with E-state index in [0.717, 1.165) is 12.1 Å². The molecule has 0 aliphatic heterocycles. The van der Waals surface area contributed by atoms with Gasteiger partial charge in [0.2, 0.25) is 0 Å². The molecule has 0 radical (unpaired) electrons. The number of hydrogen-bond acceptors (Lipinski definition) is 5. The minimum Gasteiger partial charge on any atom is -0.410 e. The molecule has 2 aromatic carbocycles. The Labute approximate surface area is 183 Å². The van der Waals surface area contributed by atoms with Crippen LogP contribution in [0.5, 0.6) is 5.75 Å². The Bertz CT molecular complexity index is 1000. The van der Waals surface area contributed by atoms with Gasteiger partial charge in [-0.05, 0) is 55.3 Å². The van der Waals surface area contributed by atoms with Crippen molar-refractivity contribution >= 4 is 38.5 Å². The highest BCUT2D eigenvalue weighted by Gasteiger charge is 2.39. The molecule has 0 aromatic heterocycles. The number of benzene rings is 2. The largest absolute Gasteiger partial charge is 0.412 e. The number of halogens is 2. The van der Waals surface area contributed by atoms with Crippen LogP contribution in [0.4, 0.5) is 9.18 Å². The molecule has 0 saturated carbocycles. The summed E-state index contributed by atoms with van der Waals surface area (Å²) in [6.07, 6.45) is -0.440. The third-order valence-corrected chi connectivity index (χ3v) is 9.25. The number of sulfone groups is 1. The number of carbonyl (C=O) groups excluding carboxylic acids is 1. The van der Waals surface area contributed by atoms with Crippen LogP contribution in [0, 0.1) is 17.1 Å². The molecule has 2 unspecified atom stereocenters. The van der Waals surface area contributed by atoms with E-state index in [1.54, 1.807) is 38.1 Å². The van der Waals surface area contributed by atoms with Crippen molar-refractivity contribution in [2.45, 2.75) is 29.1 Å². The highest BCUT2D eigenvalue weighted by atomic mass is 127. The van der Waals surface area contributed by atoms with Gasteiger partial charge >= 0.3 is 6.09 Å². The number of hydrogen-bond donors (Lipinski definition) is 1. The highest BCUT2D eigenvalue weighted by molar-refractivity contribution is 14.1. The van der Waals surface area contributed by atoms with Gasteiger partial charge in [-0.2, -0.15) is 5.26 Å². The summed E-state index contributed by atoms with van der Waals surface area (Å²) in [5.74, 6) is -0.598. The second kappa shape index (κ2) is 9.54. The lowest BCUT2D eigenvalue weighted by molar-refractivity contribution is 0.196. The Morgan fingerprint density at radius 2 is 1.83 bits per heavy atom. The van der Waals surface area contributed by atoms with E-state index in [0.29, 0.717) is 17.5 Å². The zero-order valence-electron chi connectivity index (χ0n) is 15.9. The van der Waals surface area contributed by atoms with E-state index < -0.39 is 30.5 Å². The number of nitrogens with one attached hydrogen (secondary N) is 1. The van der Waals surface area contributed by atoms with Crippen LogP contribution in [0.15, 0.2) is 48.5 Å². The van der Waals surface area contributed by atoms with Crippen LogP contribution in [0.2, 0.25) is 0 Å². The second-order valence-electron chi connectivity index (χ2n) is 6.48. The first-order valence-corrected chi connectivity index (χ1v) is 11.5. The first-order valence-electron chi connectivity index (χ1n) is 8.75. The summed E-state index contributed by atoms with van der Waals surface area (Å²) in [5.41, 5.74) is 0.982. The molecule has 2 rings (SSSR count). The van der Waals surface area contributed by atoms with Crippen molar-refractivity contribution < 1.29 is 22.3 Å². The summed E-state index contributed by atoms with van der Waals surface area (Å²) in [6, 6.07) is 12.6. The monoisotopic (exact) mass is 530 g/mol. The Morgan fingerprint density at radius 3 is 2.34 bits per heavy atom. The van der Waals surface area contributed by atoms with Gasteiger partial charge in [0.1, 0.15) is 14.3 Å².